The SMILES string of the molecule is COc1ccc([C@@]2(CC(C)(C)C)NC(=N)N([C@H](COC(=O)N(C)C)c3ccc(Cl)c(-c4ncccc4F)c3)C2=O)c(F)c1. The fourth-order valence-corrected chi connectivity index (χ4v) is 5.40. The molecule has 1 fully saturated rings. The van der Waals surface area contributed by atoms with Crippen molar-refractivity contribution in [2.75, 3.05) is 27.8 Å². The summed E-state index contributed by atoms with van der Waals surface area (Å²) >= 11 is 6.45. The Morgan fingerprint density at radius 2 is 1.88 bits per heavy atom. The zero-order chi connectivity index (χ0) is 31.7. The van der Waals surface area contributed by atoms with Crippen LogP contribution >= 0.6 is 11.6 Å². The van der Waals surface area contributed by atoms with E-state index < -0.39 is 40.6 Å². The molecule has 0 saturated carbocycles. The lowest BCUT2D eigenvalue weighted by Crippen LogP contribution is -2.48. The van der Waals surface area contributed by atoms with Crippen LogP contribution in [0.25, 0.3) is 11.3 Å². The summed E-state index contributed by atoms with van der Waals surface area (Å²) in [7, 11) is 4.42. The molecule has 9 nitrogen and oxygen atoms in total. The molecule has 0 bridgehead atoms. The number of amides is 2. The number of pyridine rings is 1. The molecule has 1 aliphatic heterocycles. The van der Waals surface area contributed by atoms with Crippen molar-refractivity contribution in [3.63, 3.8) is 0 Å². The van der Waals surface area contributed by atoms with Gasteiger partial charge in [-0.15, -0.1) is 0 Å². The Hall–Kier alpha value is -4.25. The number of guanidine groups is 1. The lowest BCUT2D eigenvalue weighted by Gasteiger charge is -2.35. The van der Waals surface area contributed by atoms with E-state index in [1.54, 1.807) is 18.2 Å². The summed E-state index contributed by atoms with van der Waals surface area (Å²) in [6.45, 7) is 5.34. The van der Waals surface area contributed by atoms with E-state index in [0.717, 1.165) is 4.90 Å². The van der Waals surface area contributed by atoms with Crippen LogP contribution in [-0.2, 0) is 15.1 Å². The number of halogens is 3. The molecule has 1 saturated heterocycles. The van der Waals surface area contributed by atoms with E-state index in [1.165, 1.54) is 62.6 Å². The number of benzene rings is 2. The standard InChI is InChI=1S/C31H34ClF2N5O4/c1-30(2,3)17-31(21-11-10-19(42-6)15-24(21)34)27(40)39(28(35)37-31)25(16-43-29(41)38(4)5)18-9-12-22(32)20(14-18)26-23(33)8-7-13-36-26/h7-15,25H,16-17H2,1-6H3,(H2,35,37)/t25-,31-/m1/s1. The van der Waals surface area contributed by atoms with Gasteiger partial charge in [0.2, 0.25) is 0 Å². The number of methoxy groups -OCH3 is 1. The predicted octanol–water partition coefficient (Wildman–Crippen LogP) is 6.13. The molecule has 2 heterocycles. The van der Waals surface area contributed by atoms with Crippen LogP contribution in [0.1, 0.15) is 44.4 Å². The van der Waals surface area contributed by atoms with Crippen LogP contribution in [-0.4, -0.2) is 60.6 Å². The Morgan fingerprint density at radius 1 is 1.16 bits per heavy atom. The average Bonchev–Trinajstić information content (AvgIpc) is 3.17. The number of carbonyl (C=O) groups is 2. The van der Waals surface area contributed by atoms with Crippen molar-refractivity contribution in [1.29, 1.82) is 5.41 Å². The third-order valence-electron chi connectivity index (χ3n) is 7.02. The second kappa shape index (κ2) is 12.2. The molecule has 228 valence electrons. The average molecular weight is 614 g/mol. The summed E-state index contributed by atoms with van der Waals surface area (Å²) in [5, 5.41) is 12.1. The van der Waals surface area contributed by atoms with Crippen LogP contribution in [0.5, 0.6) is 5.75 Å². The molecular formula is C31H34ClF2N5O4. The Morgan fingerprint density at radius 3 is 2.49 bits per heavy atom. The molecule has 1 aliphatic rings. The highest BCUT2D eigenvalue weighted by Crippen LogP contribution is 2.44. The molecule has 1 aromatic heterocycles. The molecule has 43 heavy (non-hydrogen) atoms. The van der Waals surface area contributed by atoms with Crippen molar-refractivity contribution < 1.29 is 27.8 Å². The maximum atomic E-state index is 15.6. The summed E-state index contributed by atoms with van der Waals surface area (Å²) in [6.07, 6.45) is 0.866. The van der Waals surface area contributed by atoms with Crippen LogP contribution < -0.4 is 10.1 Å². The van der Waals surface area contributed by atoms with E-state index in [4.69, 9.17) is 26.5 Å². The molecule has 2 aromatic carbocycles. The third-order valence-corrected chi connectivity index (χ3v) is 7.35. The third kappa shape index (κ3) is 6.41. The highest BCUT2D eigenvalue weighted by molar-refractivity contribution is 6.33. The van der Waals surface area contributed by atoms with Crippen molar-refractivity contribution >= 4 is 29.6 Å². The molecule has 0 spiro atoms. The first kappa shape index (κ1) is 31.7. The monoisotopic (exact) mass is 613 g/mol. The van der Waals surface area contributed by atoms with Gasteiger partial charge in [-0.3, -0.25) is 20.1 Å². The van der Waals surface area contributed by atoms with Crippen molar-refractivity contribution in [3.8, 4) is 17.0 Å². The first-order valence-electron chi connectivity index (χ1n) is 13.5. The van der Waals surface area contributed by atoms with Crippen molar-refractivity contribution in [2.45, 2.75) is 38.8 Å². The first-order chi connectivity index (χ1) is 20.2. The van der Waals surface area contributed by atoms with Gasteiger partial charge < -0.3 is 19.7 Å². The van der Waals surface area contributed by atoms with Gasteiger partial charge in [-0.2, -0.15) is 0 Å². The lowest BCUT2D eigenvalue weighted by molar-refractivity contribution is -0.135. The van der Waals surface area contributed by atoms with Gasteiger partial charge in [0.15, 0.2) is 5.96 Å². The van der Waals surface area contributed by atoms with Crippen LogP contribution in [0.3, 0.4) is 0 Å². The van der Waals surface area contributed by atoms with Gasteiger partial charge in [0, 0.05) is 37.5 Å². The zero-order valence-electron chi connectivity index (χ0n) is 24.8. The summed E-state index contributed by atoms with van der Waals surface area (Å²) in [4.78, 5) is 33.5. The van der Waals surface area contributed by atoms with Crippen LogP contribution in [0.15, 0.2) is 54.7 Å². The predicted molar refractivity (Wildman–Crippen MR) is 159 cm³/mol. The Balaban J connectivity index is 1.87. The minimum Gasteiger partial charge on any atom is -0.497 e. The van der Waals surface area contributed by atoms with Gasteiger partial charge in [-0.1, -0.05) is 38.4 Å². The molecule has 2 atom stereocenters. The largest absolute Gasteiger partial charge is 0.497 e. The smallest absolute Gasteiger partial charge is 0.409 e. The van der Waals surface area contributed by atoms with Gasteiger partial charge in [-0.05, 0) is 53.8 Å². The Bertz CT molecular complexity index is 1560. The van der Waals surface area contributed by atoms with Gasteiger partial charge in [0.25, 0.3) is 5.91 Å². The van der Waals surface area contributed by atoms with Gasteiger partial charge in [-0.25, -0.2) is 13.6 Å². The summed E-state index contributed by atoms with van der Waals surface area (Å²) in [5.41, 5.74) is -1.51. The van der Waals surface area contributed by atoms with Crippen molar-refractivity contribution in [1.82, 2.24) is 20.1 Å². The lowest BCUT2D eigenvalue weighted by atomic mass is 9.75. The second-order valence-corrected chi connectivity index (χ2v) is 12.1. The molecule has 0 unspecified atom stereocenters. The number of rotatable bonds is 8. The molecule has 0 radical (unpaired) electrons. The number of hydrogen-bond donors (Lipinski definition) is 2. The van der Waals surface area contributed by atoms with E-state index in [9.17, 15) is 14.0 Å². The highest BCUT2D eigenvalue weighted by atomic mass is 35.5. The number of nitrogens with zero attached hydrogens (tertiary/aromatic N) is 3. The molecule has 3 aromatic rings. The maximum Gasteiger partial charge on any atom is 0.409 e. The number of nitrogens with one attached hydrogen (secondary N) is 2. The maximum absolute atomic E-state index is 15.6. The zero-order valence-corrected chi connectivity index (χ0v) is 25.6. The summed E-state index contributed by atoms with van der Waals surface area (Å²) < 4.78 is 41.0. The summed E-state index contributed by atoms with van der Waals surface area (Å²) in [6, 6.07) is 10.5. The van der Waals surface area contributed by atoms with Crippen molar-refractivity contribution in [3.05, 3.63) is 82.5 Å². The van der Waals surface area contributed by atoms with Crippen LogP contribution in [0.2, 0.25) is 5.02 Å². The molecular weight excluding hydrogens is 580 g/mol. The van der Waals surface area contributed by atoms with E-state index in [2.05, 4.69) is 10.3 Å². The minimum absolute atomic E-state index is 0.0123. The first-order valence-corrected chi connectivity index (χ1v) is 13.8. The Labute approximate surface area is 254 Å². The van der Waals surface area contributed by atoms with Gasteiger partial charge in [0.05, 0.1) is 18.2 Å². The quantitative estimate of drug-likeness (QED) is 0.317. The number of aromatic nitrogens is 1. The fraction of sp³-hybridized carbons (Fsp3) is 0.355. The van der Waals surface area contributed by atoms with Gasteiger partial charge >= 0.3 is 6.09 Å². The number of ether oxygens (including phenoxy) is 2. The topological polar surface area (TPSA) is 108 Å². The summed E-state index contributed by atoms with van der Waals surface area (Å²) in [5.74, 6) is -1.97. The van der Waals surface area contributed by atoms with Crippen LogP contribution in [0, 0.1) is 22.5 Å². The molecule has 4 rings (SSSR count). The molecule has 12 heteroatoms. The van der Waals surface area contributed by atoms with E-state index >= 15 is 4.39 Å². The van der Waals surface area contributed by atoms with E-state index in [-0.39, 0.29) is 46.6 Å². The fourth-order valence-electron chi connectivity index (χ4n) is 5.20. The molecule has 2 N–H and O–H groups in total. The Kier molecular flexibility index (Phi) is 8.96. The van der Waals surface area contributed by atoms with Crippen molar-refractivity contribution in [2.24, 2.45) is 5.41 Å². The van der Waals surface area contributed by atoms with Crippen LogP contribution in [0.4, 0.5) is 13.6 Å². The molecule has 0 aliphatic carbocycles. The molecule has 2 amide bonds. The van der Waals surface area contributed by atoms with E-state index in [1.807, 2.05) is 20.8 Å². The van der Waals surface area contributed by atoms with Gasteiger partial charge in [0.1, 0.15) is 35.2 Å². The normalized spacial score (nSPS) is 17.5. The second-order valence-electron chi connectivity index (χ2n) is 11.7. The van der Waals surface area contributed by atoms with E-state index in [0.29, 0.717) is 5.56 Å². The number of carbonyl (C=O) groups excluding carboxylic acids is 2. The highest BCUT2D eigenvalue weighted by Gasteiger charge is 2.55. The minimum atomic E-state index is -1.67. The number of hydrogen-bond acceptors (Lipinski definition) is 6.